The van der Waals surface area contributed by atoms with Crippen LogP contribution in [0.5, 0.6) is 0 Å². The molecule has 124 valence electrons. The van der Waals surface area contributed by atoms with E-state index in [1.54, 1.807) is 19.1 Å². The molecule has 3 atom stereocenters. The fraction of sp³-hybridized carbons (Fsp3) is 0.385. The van der Waals surface area contributed by atoms with Crippen LogP contribution in [0.15, 0.2) is 28.5 Å². The third-order valence-corrected chi connectivity index (χ3v) is 7.64. The molecule has 1 fully saturated rings. The molecule has 0 spiro atoms. The second-order valence-electron chi connectivity index (χ2n) is 5.29. The van der Waals surface area contributed by atoms with E-state index in [-0.39, 0.29) is 22.7 Å². The number of non-ortho nitro benzene ring substituents is 1. The molecule has 0 aliphatic carbocycles. The highest BCUT2D eigenvalue weighted by atomic mass is 32.3. The smallest absolute Gasteiger partial charge is 0.269 e. The Balaban J connectivity index is 2.13. The van der Waals surface area contributed by atoms with Crippen LogP contribution < -0.4 is 16.6 Å². The van der Waals surface area contributed by atoms with Crippen LogP contribution in [0.4, 0.5) is 5.69 Å². The van der Waals surface area contributed by atoms with Crippen molar-refractivity contribution in [1.29, 1.82) is 0 Å². The summed E-state index contributed by atoms with van der Waals surface area (Å²) < 4.78 is 25.1. The molecule has 8 nitrogen and oxygen atoms in total. The van der Waals surface area contributed by atoms with E-state index < -0.39 is 20.9 Å². The number of nitrogens with one attached hydrogen (secondary N) is 2. The van der Waals surface area contributed by atoms with Crippen molar-refractivity contribution in [3.8, 4) is 0 Å². The van der Waals surface area contributed by atoms with Gasteiger partial charge in [0.2, 0.25) is 0 Å². The molecule has 0 aromatic heterocycles. The molecule has 0 bridgehead atoms. The van der Waals surface area contributed by atoms with Gasteiger partial charge in [-0.15, -0.1) is 0 Å². The minimum atomic E-state index is -3.40. The average molecular weight is 356 g/mol. The van der Waals surface area contributed by atoms with E-state index >= 15 is 0 Å². The van der Waals surface area contributed by atoms with Crippen molar-refractivity contribution in [2.45, 2.75) is 18.5 Å². The van der Waals surface area contributed by atoms with E-state index in [1.165, 1.54) is 23.9 Å². The van der Waals surface area contributed by atoms with Crippen molar-refractivity contribution in [2.24, 2.45) is 11.7 Å². The van der Waals surface area contributed by atoms with Crippen molar-refractivity contribution in [3.63, 3.8) is 0 Å². The SMILES string of the molecule is CCS(=O)(=O)C1=C(c2ccc([N+](=O)[O-])cc2)C2C(N)NNC2S1. The first-order valence-electron chi connectivity index (χ1n) is 7.00. The summed E-state index contributed by atoms with van der Waals surface area (Å²) in [6, 6.07) is 5.90. The normalized spacial score (nSPS) is 27.3. The Labute approximate surface area is 137 Å². The highest BCUT2D eigenvalue weighted by Gasteiger charge is 2.47. The minimum absolute atomic E-state index is 0.00603. The molecule has 3 rings (SSSR count). The third kappa shape index (κ3) is 2.76. The number of hydrogen-bond donors (Lipinski definition) is 3. The number of nitro benzene ring substituents is 1. The molecule has 2 aliphatic rings. The summed E-state index contributed by atoms with van der Waals surface area (Å²) in [4.78, 5) is 10.3. The van der Waals surface area contributed by atoms with Crippen molar-refractivity contribution < 1.29 is 13.3 Å². The molecule has 2 aliphatic heterocycles. The Bertz CT molecular complexity index is 776. The topological polar surface area (TPSA) is 127 Å². The molecule has 1 saturated heterocycles. The van der Waals surface area contributed by atoms with Crippen LogP contribution in [-0.4, -0.2) is 30.6 Å². The van der Waals surface area contributed by atoms with Gasteiger partial charge in [-0.25, -0.2) is 19.3 Å². The second-order valence-corrected chi connectivity index (χ2v) is 8.91. The predicted octanol–water partition coefficient (Wildman–Crippen LogP) is 0.780. The Morgan fingerprint density at radius 2 is 1.96 bits per heavy atom. The van der Waals surface area contributed by atoms with Crippen LogP contribution in [-0.2, 0) is 9.84 Å². The Kier molecular flexibility index (Phi) is 4.19. The lowest BCUT2D eigenvalue weighted by molar-refractivity contribution is -0.384. The van der Waals surface area contributed by atoms with Gasteiger partial charge >= 0.3 is 0 Å². The van der Waals surface area contributed by atoms with Gasteiger partial charge in [0, 0.05) is 18.1 Å². The van der Waals surface area contributed by atoms with E-state index in [0.717, 1.165) is 0 Å². The highest BCUT2D eigenvalue weighted by Crippen LogP contribution is 2.50. The van der Waals surface area contributed by atoms with E-state index in [0.29, 0.717) is 15.4 Å². The van der Waals surface area contributed by atoms with Gasteiger partial charge in [0.25, 0.3) is 5.69 Å². The summed E-state index contributed by atoms with van der Waals surface area (Å²) in [5.74, 6) is -0.230. The van der Waals surface area contributed by atoms with Crippen LogP contribution >= 0.6 is 11.8 Å². The predicted molar refractivity (Wildman–Crippen MR) is 88.6 cm³/mol. The number of benzene rings is 1. The van der Waals surface area contributed by atoms with E-state index in [1.807, 2.05) is 0 Å². The number of thioether (sulfide) groups is 1. The van der Waals surface area contributed by atoms with Crippen molar-refractivity contribution >= 4 is 32.9 Å². The number of hydrogen-bond acceptors (Lipinski definition) is 8. The highest BCUT2D eigenvalue weighted by molar-refractivity contribution is 8.19. The summed E-state index contributed by atoms with van der Waals surface area (Å²) in [6.07, 6.45) is -0.428. The lowest BCUT2D eigenvalue weighted by Crippen LogP contribution is -2.39. The van der Waals surface area contributed by atoms with Gasteiger partial charge in [-0.05, 0) is 23.3 Å². The summed E-state index contributed by atoms with van der Waals surface area (Å²) in [5, 5.41) is 10.6. The fourth-order valence-electron chi connectivity index (χ4n) is 2.74. The maximum absolute atomic E-state index is 12.4. The molecular formula is C13H16N4O4S2. The van der Waals surface area contributed by atoms with Gasteiger partial charge in [0.1, 0.15) is 4.24 Å². The minimum Gasteiger partial charge on any atom is -0.314 e. The monoisotopic (exact) mass is 356 g/mol. The zero-order valence-corrected chi connectivity index (χ0v) is 13.9. The molecule has 2 heterocycles. The van der Waals surface area contributed by atoms with Crippen LogP contribution in [0.2, 0.25) is 0 Å². The lowest BCUT2D eigenvalue weighted by atomic mass is 9.92. The van der Waals surface area contributed by atoms with Gasteiger partial charge in [-0.1, -0.05) is 18.7 Å². The number of nitrogens with zero attached hydrogens (tertiary/aromatic N) is 1. The second kappa shape index (κ2) is 5.87. The molecular weight excluding hydrogens is 340 g/mol. The quantitative estimate of drug-likeness (QED) is 0.533. The zero-order chi connectivity index (χ0) is 16.8. The molecule has 23 heavy (non-hydrogen) atoms. The zero-order valence-electron chi connectivity index (χ0n) is 12.2. The van der Waals surface area contributed by atoms with Crippen molar-refractivity contribution in [1.82, 2.24) is 10.9 Å². The summed E-state index contributed by atoms with van der Waals surface area (Å²) in [5.41, 5.74) is 13.2. The average Bonchev–Trinajstić information content (AvgIpc) is 3.08. The van der Waals surface area contributed by atoms with E-state index in [2.05, 4.69) is 10.9 Å². The number of nitrogens with two attached hydrogens (primary N) is 1. The molecule has 0 saturated carbocycles. The number of nitro groups is 1. The van der Waals surface area contributed by atoms with E-state index in [4.69, 9.17) is 5.73 Å². The van der Waals surface area contributed by atoms with Gasteiger partial charge in [0.05, 0.1) is 22.2 Å². The molecule has 1 aromatic rings. The maximum atomic E-state index is 12.4. The fourth-order valence-corrected chi connectivity index (χ4v) is 6.03. The summed E-state index contributed by atoms with van der Waals surface area (Å²) in [6.45, 7) is 1.59. The van der Waals surface area contributed by atoms with Crippen LogP contribution in [0.1, 0.15) is 12.5 Å². The van der Waals surface area contributed by atoms with Gasteiger partial charge in [-0.3, -0.25) is 10.1 Å². The molecule has 0 amide bonds. The first kappa shape index (κ1) is 16.4. The Morgan fingerprint density at radius 3 is 2.52 bits per heavy atom. The van der Waals surface area contributed by atoms with Crippen molar-refractivity contribution in [2.75, 3.05) is 5.75 Å². The van der Waals surface area contributed by atoms with Crippen LogP contribution in [0, 0.1) is 16.0 Å². The first-order chi connectivity index (χ1) is 10.8. The Morgan fingerprint density at radius 1 is 1.30 bits per heavy atom. The number of sulfone groups is 1. The molecule has 10 heteroatoms. The molecule has 3 unspecified atom stereocenters. The van der Waals surface area contributed by atoms with Crippen LogP contribution in [0.3, 0.4) is 0 Å². The third-order valence-electron chi connectivity index (χ3n) is 3.94. The molecule has 1 aromatic carbocycles. The largest absolute Gasteiger partial charge is 0.314 e. The maximum Gasteiger partial charge on any atom is 0.269 e. The Hall–Kier alpha value is -1.46. The molecule has 4 N–H and O–H groups in total. The number of rotatable bonds is 4. The number of fused-ring (bicyclic) bond motifs is 1. The first-order valence-corrected chi connectivity index (χ1v) is 9.53. The molecule has 0 radical (unpaired) electrons. The lowest BCUT2D eigenvalue weighted by Gasteiger charge is -2.17. The van der Waals surface area contributed by atoms with Gasteiger partial charge < -0.3 is 5.73 Å². The summed E-state index contributed by atoms with van der Waals surface area (Å²) in [7, 11) is -3.40. The van der Waals surface area contributed by atoms with Gasteiger partial charge in [-0.2, -0.15) is 0 Å². The number of hydrazine groups is 1. The summed E-state index contributed by atoms with van der Waals surface area (Å²) >= 11 is 1.23. The standard InChI is InChI=1S/C13H16N4O4S2/c1-2-23(20,21)13-9(10-11(14)15-16-12(10)22-13)7-3-5-8(6-4-7)17(18)19/h3-6,10-12,15-16H,2,14H2,1H3. The van der Waals surface area contributed by atoms with E-state index in [9.17, 15) is 18.5 Å². The van der Waals surface area contributed by atoms with Crippen molar-refractivity contribution in [3.05, 3.63) is 44.2 Å². The van der Waals surface area contributed by atoms with Gasteiger partial charge in [0.15, 0.2) is 9.84 Å². The van der Waals surface area contributed by atoms with Crippen LogP contribution in [0.25, 0.3) is 5.57 Å².